The third-order valence-electron chi connectivity index (χ3n) is 3.00. The second-order valence-corrected chi connectivity index (χ2v) is 3.83. The largest absolute Gasteiger partial charge is 0.300 e. The lowest BCUT2D eigenvalue weighted by Crippen LogP contribution is -2.23. The van der Waals surface area contributed by atoms with Crippen molar-refractivity contribution in [3.8, 4) is 0 Å². The Morgan fingerprint density at radius 2 is 1.80 bits per heavy atom. The number of Topliss-reactive ketones (excluding diaryl/α,β-unsaturated/α-hetero) is 1. The maximum Gasteiger partial charge on any atom is 0.259 e. The predicted molar refractivity (Wildman–Crippen MR) is 55.1 cm³/mol. The van der Waals surface area contributed by atoms with Gasteiger partial charge in [0.2, 0.25) is 0 Å². The van der Waals surface area contributed by atoms with Crippen LogP contribution in [0.5, 0.6) is 0 Å². The van der Waals surface area contributed by atoms with Gasteiger partial charge in [-0.15, -0.1) is 0 Å². The van der Waals surface area contributed by atoms with Gasteiger partial charge in [-0.3, -0.25) is 14.5 Å². The third kappa shape index (κ3) is 0.897. The molecule has 1 aromatic carbocycles. The number of carbonyl (C=O) groups is 2. The maximum atomic E-state index is 11.9. The first-order chi connectivity index (χ1) is 7.20. The van der Waals surface area contributed by atoms with E-state index in [4.69, 9.17) is 0 Å². The summed E-state index contributed by atoms with van der Waals surface area (Å²) in [7, 11) is 0. The summed E-state index contributed by atoms with van der Waals surface area (Å²) < 4.78 is 0. The van der Waals surface area contributed by atoms with Crippen molar-refractivity contribution in [2.24, 2.45) is 0 Å². The molecule has 0 atom stereocenters. The zero-order valence-electron chi connectivity index (χ0n) is 8.28. The Morgan fingerprint density at radius 1 is 1.13 bits per heavy atom. The number of hydrogen-bond donors (Lipinski definition) is 0. The molecule has 3 rings (SSSR count). The van der Waals surface area contributed by atoms with Crippen LogP contribution in [0.1, 0.15) is 22.8 Å². The fourth-order valence-electron chi connectivity index (χ4n) is 2.22. The lowest BCUT2D eigenvalue weighted by atomic mass is 10.0. The Morgan fingerprint density at radius 3 is 2.53 bits per heavy atom. The van der Waals surface area contributed by atoms with Crippen LogP contribution in [0.3, 0.4) is 0 Å². The number of fused-ring (bicyclic) bond motifs is 3. The van der Waals surface area contributed by atoms with E-state index in [1.54, 1.807) is 17.9 Å². The lowest BCUT2D eigenvalue weighted by molar-refractivity contribution is -0.114. The zero-order valence-corrected chi connectivity index (χ0v) is 8.28. The summed E-state index contributed by atoms with van der Waals surface area (Å²) >= 11 is 0. The van der Waals surface area contributed by atoms with Crippen molar-refractivity contribution >= 4 is 17.4 Å². The number of ketones is 1. The van der Waals surface area contributed by atoms with Crippen LogP contribution in [0.15, 0.2) is 29.8 Å². The molecule has 2 heterocycles. The van der Waals surface area contributed by atoms with E-state index < -0.39 is 0 Å². The zero-order chi connectivity index (χ0) is 10.6. The SMILES string of the molecule is CC1=C2c3ccccc3C(=O)N2CC1=O. The Bertz CT molecular complexity index is 528. The van der Waals surface area contributed by atoms with Gasteiger partial charge in [0.05, 0.1) is 12.2 Å². The maximum absolute atomic E-state index is 11.9. The number of benzene rings is 1. The van der Waals surface area contributed by atoms with Crippen LogP contribution in [0.2, 0.25) is 0 Å². The average molecular weight is 199 g/mol. The van der Waals surface area contributed by atoms with Crippen molar-refractivity contribution in [2.75, 3.05) is 6.54 Å². The molecule has 0 unspecified atom stereocenters. The second kappa shape index (κ2) is 2.57. The molecule has 3 nitrogen and oxygen atoms in total. The molecule has 74 valence electrons. The van der Waals surface area contributed by atoms with Gasteiger partial charge in [0.15, 0.2) is 5.78 Å². The number of amides is 1. The molecule has 0 aromatic heterocycles. The number of nitrogens with zero attached hydrogens (tertiary/aromatic N) is 1. The predicted octanol–water partition coefficient (Wildman–Crippen LogP) is 1.46. The van der Waals surface area contributed by atoms with E-state index in [2.05, 4.69) is 0 Å². The van der Waals surface area contributed by atoms with Crippen LogP contribution in [0, 0.1) is 0 Å². The summed E-state index contributed by atoms with van der Waals surface area (Å²) in [4.78, 5) is 25.0. The third-order valence-corrected chi connectivity index (χ3v) is 3.00. The molecular weight excluding hydrogens is 190 g/mol. The quantitative estimate of drug-likeness (QED) is 0.634. The highest BCUT2D eigenvalue weighted by molar-refractivity contribution is 6.20. The highest BCUT2D eigenvalue weighted by atomic mass is 16.2. The van der Waals surface area contributed by atoms with Gasteiger partial charge in [-0.25, -0.2) is 0 Å². The van der Waals surface area contributed by atoms with Crippen LogP contribution in [0.4, 0.5) is 0 Å². The van der Waals surface area contributed by atoms with Gasteiger partial charge in [0.25, 0.3) is 5.91 Å². The molecule has 0 bridgehead atoms. The van der Waals surface area contributed by atoms with E-state index in [9.17, 15) is 9.59 Å². The molecule has 0 spiro atoms. The van der Waals surface area contributed by atoms with Crippen molar-refractivity contribution in [3.05, 3.63) is 41.0 Å². The minimum absolute atomic E-state index is 0.0489. The average Bonchev–Trinajstić information content (AvgIpc) is 2.68. The molecule has 0 fully saturated rings. The van der Waals surface area contributed by atoms with E-state index in [-0.39, 0.29) is 18.2 Å². The molecule has 0 saturated heterocycles. The Labute approximate surface area is 87.0 Å². The van der Waals surface area contributed by atoms with Gasteiger partial charge in [-0.05, 0) is 13.0 Å². The van der Waals surface area contributed by atoms with Gasteiger partial charge < -0.3 is 0 Å². The van der Waals surface area contributed by atoms with E-state index in [0.717, 1.165) is 11.3 Å². The lowest BCUT2D eigenvalue weighted by Gasteiger charge is -2.08. The molecule has 0 N–H and O–H groups in total. The highest BCUT2D eigenvalue weighted by Crippen LogP contribution is 2.38. The van der Waals surface area contributed by atoms with Gasteiger partial charge in [0, 0.05) is 16.7 Å². The van der Waals surface area contributed by atoms with E-state index in [1.807, 2.05) is 18.2 Å². The molecule has 3 heteroatoms. The first kappa shape index (κ1) is 8.41. The topological polar surface area (TPSA) is 37.4 Å². The van der Waals surface area contributed by atoms with Crippen LogP contribution in [0.25, 0.3) is 5.70 Å². The monoisotopic (exact) mass is 199 g/mol. The first-order valence-electron chi connectivity index (χ1n) is 4.85. The summed E-state index contributed by atoms with van der Waals surface area (Å²) in [5.41, 5.74) is 3.11. The van der Waals surface area contributed by atoms with Gasteiger partial charge in [-0.2, -0.15) is 0 Å². The number of carbonyl (C=O) groups excluding carboxylic acids is 2. The van der Waals surface area contributed by atoms with Crippen LogP contribution >= 0.6 is 0 Å². The normalized spacial score (nSPS) is 18.6. The molecule has 2 aliphatic heterocycles. The Kier molecular flexibility index (Phi) is 1.44. The summed E-state index contributed by atoms with van der Waals surface area (Å²) in [6.07, 6.45) is 0. The molecule has 0 aliphatic carbocycles. The van der Waals surface area contributed by atoms with Crippen molar-refractivity contribution in [1.82, 2.24) is 4.90 Å². The minimum Gasteiger partial charge on any atom is -0.300 e. The highest BCUT2D eigenvalue weighted by Gasteiger charge is 2.39. The first-order valence-corrected chi connectivity index (χ1v) is 4.85. The fraction of sp³-hybridized carbons (Fsp3) is 0.167. The summed E-state index contributed by atoms with van der Waals surface area (Å²) in [5.74, 6) is -0.00125. The standard InChI is InChI=1S/C12H9NO2/c1-7-10(14)6-13-11(7)8-4-2-3-5-9(8)12(13)15/h2-5H,6H2,1H3. The molecule has 15 heavy (non-hydrogen) atoms. The van der Waals surface area contributed by atoms with Crippen molar-refractivity contribution in [1.29, 1.82) is 0 Å². The van der Waals surface area contributed by atoms with Crippen LogP contribution in [-0.4, -0.2) is 23.1 Å². The Balaban J connectivity index is 2.33. The van der Waals surface area contributed by atoms with Crippen LogP contribution < -0.4 is 0 Å². The minimum atomic E-state index is -0.0502. The molecule has 0 radical (unpaired) electrons. The number of rotatable bonds is 0. The Hall–Kier alpha value is -1.90. The van der Waals surface area contributed by atoms with Gasteiger partial charge >= 0.3 is 0 Å². The molecule has 0 saturated carbocycles. The van der Waals surface area contributed by atoms with E-state index >= 15 is 0 Å². The van der Waals surface area contributed by atoms with Gasteiger partial charge in [0.1, 0.15) is 0 Å². The summed E-state index contributed by atoms with van der Waals surface area (Å²) in [6.45, 7) is 1.99. The molecule has 1 amide bonds. The summed E-state index contributed by atoms with van der Waals surface area (Å²) in [6, 6.07) is 7.43. The number of hydrogen-bond acceptors (Lipinski definition) is 2. The van der Waals surface area contributed by atoms with Crippen molar-refractivity contribution in [3.63, 3.8) is 0 Å². The molecule has 2 aliphatic rings. The van der Waals surface area contributed by atoms with Gasteiger partial charge in [-0.1, -0.05) is 18.2 Å². The van der Waals surface area contributed by atoms with Crippen molar-refractivity contribution in [2.45, 2.75) is 6.92 Å². The van der Waals surface area contributed by atoms with Crippen molar-refractivity contribution < 1.29 is 9.59 Å². The summed E-state index contributed by atoms with van der Waals surface area (Å²) in [5, 5.41) is 0. The van der Waals surface area contributed by atoms with Crippen LogP contribution in [-0.2, 0) is 4.79 Å². The van der Waals surface area contributed by atoms with E-state index in [1.165, 1.54) is 0 Å². The second-order valence-electron chi connectivity index (χ2n) is 3.83. The fourth-order valence-corrected chi connectivity index (χ4v) is 2.22. The smallest absolute Gasteiger partial charge is 0.259 e. The van der Waals surface area contributed by atoms with E-state index in [0.29, 0.717) is 11.1 Å². The molecule has 1 aromatic rings. The molecular formula is C12H9NO2.